The monoisotopic (exact) mass is 542 g/mol. The number of barbiturate groups is 1. The van der Waals surface area contributed by atoms with Crippen LogP contribution in [0.2, 0.25) is 0 Å². The van der Waals surface area contributed by atoms with Gasteiger partial charge in [0.05, 0.1) is 18.9 Å². The lowest BCUT2D eigenvalue weighted by Crippen LogP contribution is -2.54. The number of carbonyl (C=O) groups excluding carboxylic acids is 3. The fraction of sp³-hybridized carbons (Fsp3) is 0.370. The highest BCUT2D eigenvalue weighted by atomic mass is 79.9. The molecule has 1 heterocycles. The van der Waals surface area contributed by atoms with Crippen molar-refractivity contribution in [1.29, 1.82) is 0 Å². The Bertz CT molecular complexity index is 1080. The van der Waals surface area contributed by atoms with Gasteiger partial charge in [0, 0.05) is 10.0 Å². The number of carbonyl (C=O) groups is 3. The Morgan fingerprint density at radius 3 is 2.34 bits per heavy atom. The van der Waals surface area contributed by atoms with Crippen LogP contribution < -0.4 is 19.7 Å². The van der Waals surface area contributed by atoms with Crippen LogP contribution in [0.25, 0.3) is 6.08 Å². The second-order valence-corrected chi connectivity index (χ2v) is 9.10. The number of anilines is 1. The predicted molar refractivity (Wildman–Crippen MR) is 140 cm³/mol. The first-order valence-electron chi connectivity index (χ1n) is 12.0. The highest BCUT2D eigenvalue weighted by molar-refractivity contribution is 9.10. The lowest BCUT2D eigenvalue weighted by Gasteiger charge is -2.26. The van der Waals surface area contributed by atoms with E-state index in [1.54, 1.807) is 36.4 Å². The zero-order valence-corrected chi connectivity index (χ0v) is 21.7. The van der Waals surface area contributed by atoms with Crippen LogP contribution >= 0.6 is 15.9 Å². The van der Waals surface area contributed by atoms with E-state index in [-0.39, 0.29) is 5.57 Å². The summed E-state index contributed by atoms with van der Waals surface area (Å²) >= 11 is 3.44. The third kappa shape index (κ3) is 7.18. The van der Waals surface area contributed by atoms with Gasteiger partial charge >= 0.3 is 6.03 Å². The van der Waals surface area contributed by atoms with Crippen LogP contribution in [0, 0.1) is 0 Å². The number of rotatable bonds is 12. The summed E-state index contributed by atoms with van der Waals surface area (Å²) in [5.41, 5.74) is 0.758. The SMILES string of the molecule is CCCCCCCCOc1ccc(Br)cc1/C=C1\C(=O)NC(=O)N(c2ccc(OCC)cc2)C1=O. The van der Waals surface area contributed by atoms with Crippen LogP contribution in [0.4, 0.5) is 10.5 Å². The molecule has 186 valence electrons. The van der Waals surface area contributed by atoms with Gasteiger partial charge in [0.15, 0.2) is 0 Å². The summed E-state index contributed by atoms with van der Waals surface area (Å²) in [6.07, 6.45) is 8.35. The van der Waals surface area contributed by atoms with Gasteiger partial charge in [-0.15, -0.1) is 0 Å². The molecule has 1 N–H and O–H groups in total. The molecule has 1 saturated heterocycles. The third-order valence-electron chi connectivity index (χ3n) is 5.53. The molecule has 7 nitrogen and oxygen atoms in total. The Balaban J connectivity index is 1.79. The third-order valence-corrected chi connectivity index (χ3v) is 6.03. The zero-order chi connectivity index (χ0) is 25.2. The number of imide groups is 2. The van der Waals surface area contributed by atoms with Crippen molar-refractivity contribution in [1.82, 2.24) is 5.32 Å². The number of nitrogens with zero attached hydrogens (tertiary/aromatic N) is 1. The summed E-state index contributed by atoms with van der Waals surface area (Å²) in [7, 11) is 0. The molecule has 0 saturated carbocycles. The van der Waals surface area contributed by atoms with Crippen LogP contribution in [0.5, 0.6) is 11.5 Å². The van der Waals surface area contributed by atoms with E-state index in [9.17, 15) is 14.4 Å². The number of ether oxygens (including phenoxy) is 2. The van der Waals surface area contributed by atoms with Gasteiger partial charge in [0.1, 0.15) is 17.1 Å². The fourth-order valence-electron chi connectivity index (χ4n) is 3.73. The smallest absolute Gasteiger partial charge is 0.335 e. The molecule has 2 aromatic carbocycles. The van der Waals surface area contributed by atoms with Crippen LogP contribution in [0.15, 0.2) is 52.5 Å². The molecule has 1 aliphatic rings. The molecule has 4 amide bonds. The largest absolute Gasteiger partial charge is 0.494 e. The molecular formula is C27H31BrN2O5. The van der Waals surface area contributed by atoms with Crippen molar-refractivity contribution in [3.63, 3.8) is 0 Å². The van der Waals surface area contributed by atoms with E-state index in [4.69, 9.17) is 9.47 Å². The standard InChI is InChI=1S/C27H31BrN2O5/c1-3-5-6-7-8-9-16-35-24-15-10-20(28)17-19(24)18-23-25(31)29-27(33)30(26(23)32)21-11-13-22(14-12-21)34-4-2/h10-15,17-18H,3-9,16H2,1-2H3,(H,29,31,33)/b23-18+. The minimum Gasteiger partial charge on any atom is -0.494 e. The lowest BCUT2D eigenvalue weighted by molar-refractivity contribution is -0.122. The number of halogens is 1. The van der Waals surface area contributed by atoms with Crippen molar-refractivity contribution in [2.24, 2.45) is 0 Å². The van der Waals surface area contributed by atoms with Gasteiger partial charge in [-0.3, -0.25) is 14.9 Å². The number of benzene rings is 2. The second-order valence-electron chi connectivity index (χ2n) is 8.18. The number of nitrogens with one attached hydrogen (secondary N) is 1. The van der Waals surface area contributed by atoms with Crippen LogP contribution in [-0.2, 0) is 9.59 Å². The number of urea groups is 1. The van der Waals surface area contributed by atoms with E-state index in [1.807, 2.05) is 13.0 Å². The normalized spacial score (nSPS) is 14.9. The van der Waals surface area contributed by atoms with E-state index >= 15 is 0 Å². The van der Waals surface area contributed by atoms with Crippen LogP contribution in [0.3, 0.4) is 0 Å². The molecule has 0 aromatic heterocycles. The number of amides is 4. The molecule has 1 fully saturated rings. The highest BCUT2D eigenvalue weighted by Gasteiger charge is 2.37. The highest BCUT2D eigenvalue weighted by Crippen LogP contribution is 2.29. The van der Waals surface area contributed by atoms with Crippen LogP contribution in [0.1, 0.15) is 57.9 Å². The van der Waals surface area contributed by atoms with Gasteiger partial charge in [-0.25, -0.2) is 9.69 Å². The van der Waals surface area contributed by atoms with Gasteiger partial charge < -0.3 is 9.47 Å². The molecule has 35 heavy (non-hydrogen) atoms. The maximum absolute atomic E-state index is 13.2. The molecule has 0 radical (unpaired) electrons. The lowest BCUT2D eigenvalue weighted by atomic mass is 10.1. The van der Waals surface area contributed by atoms with Crippen molar-refractivity contribution >= 4 is 45.5 Å². The Kier molecular flexibility index (Phi) is 9.90. The molecule has 1 aliphatic heterocycles. The Labute approximate surface area is 214 Å². The number of hydrogen-bond acceptors (Lipinski definition) is 5. The first-order chi connectivity index (χ1) is 16.9. The van der Waals surface area contributed by atoms with Crippen molar-refractivity contribution in [2.45, 2.75) is 52.4 Å². The molecule has 3 rings (SSSR count). The summed E-state index contributed by atoms with van der Waals surface area (Å²) in [5, 5.41) is 2.25. The first-order valence-corrected chi connectivity index (χ1v) is 12.8. The van der Waals surface area contributed by atoms with Crippen molar-refractivity contribution in [2.75, 3.05) is 18.1 Å². The van der Waals surface area contributed by atoms with Gasteiger partial charge in [-0.1, -0.05) is 55.0 Å². The average Bonchev–Trinajstić information content (AvgIpc) is 2.83. The number of unbranched alkanes of at least 4 members (excludes halogenated alkanes) is 5. The fourth-order valence-corrected chi connectivity index (χ4v) is 4.11. The molecule has 8 heteroatoms. The van der Waals surface area contributed by atoms with Gasteiger partial charge in [0.25, 0.3) is 11.8 Å². The average molecular weight is 543 g/mol. The topological polar surface area (TPSA) is 84.9 Å². The van der Waals surface area contributed by atoms with E-state index in [0.717, 1.165) is 22.2 Å². The molecule has 0 atom stereocenters. The quantitative estimate of drug-likeness (QED) is 0.194. The summed E-state index contributed by atoms with van der Waals surface area (Å²) in [6.45, 7) is 5.10. The summed E-state index contributed by atoms with van der Waals surface area (Å²) in [5.74, 6) is -0.262. The zero-order valence-electron chi connectivity index (χ0n) is 20.1. The summed E-state index contributed by atoms with van der Waals surface area (Å²) in [4.78, 5) is 39.3. The minimum atomic E-state index is -0.796. The predicted octanol–water partition coefficient (Wildman–Crippen LogP) is 6.25. The summed E-state index contributed by atoms with van der Waals surface area (Å²) < 4.78 is 12.2. The Morgan fingerprint density at radius 2 is 1.63 bits per heavy atom. The van der Waals surface area contributed by atoms with E-state index in [1.165, 1.54) is 31.8 Å². The van der Waals surface area contributed by atoms with Gasteiger partial charge in [0.2, 0.25) is 0 Å². The Morgan fingerprint density at radius 1 is 0.914 bits per heavy atom. The van der Waals surface area contributed by atoms with Crippen molar-refractivity contribution < 1.29 is 23.9 Å². The van der Waals surface area contributed by atoms with Gasteiger partial charge in [-0.2, -0.15) is 0 Å². The molecular weight excluding hydrogens is 512 g/mol. The molecule has 2 aromatic rings. The molecule has 0 unspecified atom stereocenters. The molecule has 0 spiro atoms. The Hall–Kier alpha value is -3.13. The van der Waals surface area contributed by atoms with Gasteiger partial charge in [-0.05, 0) is 61.9 Å². The van der Waals surface area contributed by atoms with Crippen LogP contribution in [-0.4, -0.2) is 31.1 Å². The maximum Gasteiger partial charge on any atom is 0.335 e. The van der Waals surface area contributed by atoms with E-state index in [2.05, 4.69) is 28.2 Å². The maximum atomic E-state index is 13.2. The second kappa shape index (κ2) is 13.1. The minimum absolute atomic E-state index is 0.152. The molecule has 0 aliphatic carbocycles. The first kappa shape index (κ1) is 26.5. The number of hydrogen-bond donors (Lipinski definition) is 1. The van der Waals surface area contributed by atoms with E-state index < -0.39 is 17.8 Å². The summed E-state index contributed by atoms with van der Waals surface area (Å²) in [6, 6.07) is 11.2. The van der Waals surface area contributed by atoms with E-state index in [0.29, 0.717) is 36.0 Å². The van der Waals surface area contributed by atoms with Crippen molar-refractivity contribution in [3.05, 3.63) is 58.1 Å². The van der Waals surface area contributed by atoms with Crippen molar-refractivity contribution in [3.8, 4) is 11.5 Å². The molecule has 0 bridgehead atoms.